The Hall–Kier alpha value is -2.93. The van der Waals surface area contributed by atoms with Crippen LogP contribution in [0.15, 0.2) is 52.2 Å². The van der Waals surface area contributed by atoms with Crippen molar-refractivity contribution in [3.8, 4) is 0 Å². The van der Waals surface area contributed by atoms with Crippen LogP contribution in [0.25, 0.3) is 10.9 Å². The first-order valence-electron chi connectivity index (χ1n) is 8.39. The van der Waals surface area contributed by atoms with Gasteiger partial charge < -0.3 is 10.3 Å². The third-order valence-corrected chi connectivity index (χ3v) is 5.98. The molecule has 0 aliphatic rings. The summed E-state index contributed by atoms with van der Waals surface area (Å²) < 4.78 is 25.3. The largest absolute Gasteiger partial charge is 0.325 e. The normalized spacial score (nSPS) is 11.5. The molecule has 0 aliphatic heterocycles. The Morgan fingerprint density at radius 3 is 2.48 bits per heavy atom. The highest BCUT2D eigenvalue weighted by Crippen LogP contribution is 2.21. The number of aryl methyl sites for hydroxylation is 3. The maximum absolute atomic E-state index is 12.7. The van der Waals surface area contributed by atoms with E-state index in [4.69, 9.17) is 0 Å². The van der Waals surface area contributed by atoms with Crippen LogP contribution in [0.2, 0.25) is 0 Å². The molecular weight excluding hydrogens is 364 g/mol. The van der Waals surface area contributed by atoms with Gasteiger partial charge >= 0.3 is 0 Å². The number of sulfone groups is 1. The maximum atomic E-state index is 12.7. The lowest BCUT2D eigenvalue weighted by Gasteiger charge is -2.10. The molecule has 0 fully saturated rings. The van der Waals surface area contributed by atoms with Gasteiger partial charge in [-0.1, -0.05) is 12.1 Å². The molecule has 1 aromatic heterocycles. The van der Waals surface area contributed by atoms with E-state index in [1.54, 1.807) is 19.1 Å². The zero-order valence-corrected chi connectivity index (χ0v) is 16.1. The van der Waals surface area contributed by atoms with Gasteiger partial charge in [0, 0.05) is 22.7 Å². The Morgan fingerprint density at radius 1 is 1.00 bits per heavy atom. The molecule has 0 saturated heterocycles. The number of hydrogen-bond donors (Lipinski definition) is 2. The number of pyridine rings is 1. The minimum absolute atomic E-state index is 0.0428. The molecule has 7 heteroatoms. The molecule has 2 aromatic carbocycles. The van der Waals surface area contributed by atoms with Crippen LogP contribution in [-0.4, -0.2) is 25.1 Å². The van der Waals surface area contributed by atoms with Crippen molar-refractivity contribution in [1.82, 2.24) is 4.98 Å². The number of H-pyrrole nitrogens is 1. The Bertz CT molecular complexity index is 1210. The Morgan fingerprint density at radius 2 is 1.74 bits per heavy atom. The molecule has 0 aliphatic carbocycles. The average Bonchev–Trinajstić information content (AvgIpc) is 2.57. The first-order chi connectivity index (χ1) is 12.7. The van der Waals surface area contributed by atoms with Crippen molar-refractivity contribution in [2.45, 2.75) is 25.7 Å². The molecule has 0 unspecified atom stereocenters. The van der Waals surface area contributed by atoms with Crippen molar-refractivity contribution in [3.63, 3.8) is 0 Å². The molecule has 1 amide bonds. The molecular formula is C20H20N2O4S. The van der Waals surface area contributed by atoms with Crippen molar-refractivity contribution < 1.29 is 13.2 Å². The first kappa shape index (κ1) is 18.8. The number of fused-ring (bicyclic) bond motifs is 1. The van der Waals surface area contributed by atoms with Crippen molar-refractivity contribution in [3.05, 3.63) is 69.5 Å². The quantitative estimate of drug-likeness (QED) is 0.723. The number of aromatic amines is 1. The van der Waals surface area contributed by atoms with Crippen molar-refractivity contribution in [2.24, 2.45) is 0 Å². The third kappa shape index (κ3) is 4.09. The van der Waals surface area contributed by atoms with Gasteiger partial charge in [-0.25, -0.2) is 8.42 Å². The van der Waals surface area contributed by atoms with E-state index in [1.165, 1.54) is 18.2 Å². The maximum Gasteiger partial charge on any atom is 0.248 e. The average molecular weight is 384 g/mol. The fourth-order valence-electron chi connectivity index (χ4n) is 2.91. The van der Waals surface area contributed by atoms with Crippen LogP contribution in [0, 0.1) is 20.8 Å². The number of anilines is 1. The van der Waals surface area contributed by atoms with Crippen LogP contribution >= 0.6 is 0 Å². The molecule has 0 spiro atoms. The fraction of sp³-hybridized carbons (Fsp3) is 0.200. The number of rotatable bonds is 4. The summed E-state index contributed by atoms with van der Waals surface area (Å²) in [5.41, 5.74) is 3.41. The lowest BCUT2D eigenvalue weighted by molar-refractivity contribution is -0.113. The van der Waals surface area contributed by atoms with Crippen LogP contribution in [0.4, 0.5) is 5.69 Å². The van der Waals surface area contributed by atoms with E-state index in [1.807, 2.05) is 26.0 Å². The summed E-state index contributed by atoms with van der Waals surface area (Å²) in [5, 5.41) is 3.30. The molecule has 3 aromatic rings. The monoisotopic (exact) mass is 384 g/mol. The number of carbonyl (C=O) groups is 1. The zero-order valence-electron chi connectivity index (χ0n) is 15.3. The summed E-state index contributed by atoms with van der Waals surface area (Å²) in [6, 6.07) is 11.4. The number of carbonyl (C=O) groups excluding carboxylic acids is 1. The number of aromatic nitrogens is 1. The smallest absolute Gasteiger partial charge is 0.248 e. The predicted molar refractivity (Wildman–Crippen MR) is 106 cm³/mol. The molecule has 6 nitrogen and oxygen atoms in total. The Labute approximate surface area is 157 Å². The van der Waals surface area contributed by atoms with E-state index < -0.39 is 21.5 Å². The molecule has 0 radical (unpaired) electrons. The highest BCUT2D eigenvalue weighted by atomic mass is 32.2. The molecule has 0 saturated carbocycles. The van der Waals surface area contributed by atoms with Crippen molar-refractivity contribution >= 4 is 32.3 Å². The molecule has 0 bridgehead atoms. The van der Waals surface area contributed by atoms with Crippen molar-refractivity contribution in [2.75, 3.05) is 11.1 Å². The summed E-state index contributed by atoms with van der Waals surface area (Å²) >= 11 is 0. The second-order valence-corrected chi connectivity index (χ2v) is 8.64. The topological polar surface area (TPSA) is 96.1 Å². The Balaban J connectivity index is 1.88. The fourth-order valence-corrected chi connectivity index (χ4v) is 4.06. The van der Waals surface area contributed by atoms with Crippen molar-refractivity contribution in [1.29, 1.82) is 0 Å². The second kappa shape index (κ2) is 7.00. The minimum Gasteiger partial charge on any atom is -0.325 e. The van der Waals surface area contributed by atoms with E-state index >= 15 is 0 Å². The van der Waals surface area contributed by atoms with Crippen LogP contribution in [0.1, 0.15) is 16.7 Å². The molecule has 3 rings (SSSR count). The van der Waals surface area contributed by atoms with E-state index in [0.717, 1.165) is 11.1 Å². The van der Waals surface area contributed by atoms with Gasteiger partial charge in [-0.3, -0.25) is 9.59 Å². The summed E-state index contributed by atoms with van der Waals surface area (Å²) in [4.78, 5) is 26.5. The lowest BCUT2D eigenvalue weighted by Crippen LogP contribution is -2.23. The minimum atomic E-state index is -3.82. The first-order valence-corrected chi connectivity index (χ1v) is 10.0. The van der Waals surface area contributed by atoms with Crippen LogP contribution in [-0.2, 0) is 14.6 Å². The highest BCUT2D eigenvalue weighted by Gasteiger charge is 2.20. The van der Waals surface area contributed by atoms with E-state index in [9.17, 15) is 18.0 Å². The van der Waals surface area contributed by atoms with Crippen LogP contribution in [0.5, 0.6) is 0 Å². The lowest BCUT2D eigenvalue weighted by atomic mass is 10.1. The van der Waals surface area contributed by atoms with Crippen LogP contribution in [0.3, 0.4) is 0 Å². The predicted octanol–water partition coefficient (Wildman–Crippen LogP) is 2.87. The number of nitrogens with one attached hydrogen (secondary N) is 2. The second-order valence-electron chi connectivity index (χ2n) is 6.65. The standard InChI is InChI=1S/C20H20N2O4S/c1-12-4-5-13(2)18(8-12)22-20(24)11-27(25,26)15-6-7-17-16(10-15)14(3)9-19(23)21-17/h4-10H,11H2,1-3H3,(H,21,23)(H,22,24). The summed E-state index contributed by atoms with van der Waals surface area (Å²) in [6.45, 7) is 5.48. The van der Waals surface area contributed by atoms with Gasteiger partial charge in [0.05, 0.1) is 4.90 Å². The molecule has 0 atom stereocenters. The highest BCUT2D eigenvalue weighted by molar-refractivity contribution is 7.92. The number of hydrogen-bond acceptors (Lipinski definition) is 4. The summed E-state index contributed by atoms with van der Waals surface area (Å²) in [7, 11) is -3.82. The summed E-state index contributed by atoms with van der Waals surface area (Å²) in [6.07, 6.45) is 0. The molecule has 1 heterocycles. The SMILES string of the molecule is Cc1ccc(C)c(NC(=O)CS(=O)(=O)c2ccc3[nH]c(=O)cc(C)c3c2)c1. The summed E-state index contributed by atoms with van der Waals surface area (Å²) in [5.74, 6) is -1.25. The van der Waals surface area contributed by atoms with E-state index in [-0.39, 0.29) is 10.5 Å². The molecule has 140 valence electrons. The van der Waals surface area contributed by atoms with Gasteiger partial charge in [-0.2, -0.15) is 0 Å². The van der Waals surface area contributed by atoms with Crippen LogP contribution < -0.4 is 10.9 Å². The molecule has 27 heavy (non-hydrogen) atoms. The van der Waals surface area contributed by atoms with Gasteiger partial charge in [-0.05, 0) is 61.7 Å². The van der Waals surface area contributed by atoms with Gasteiger partial charge in [-0.15, -0.1) is 0 Å². The van der Waals surface area contributed by atoms with Gasteiger partial charge in [0.1, 0.15) is 5.75 Å². The third-order valence-electron chi connectivity index (χ3n) is 4.37. The van der Waals surface area contributed by atoms with Gasteiger partial charge in [0.2, 0.25) is 11.5 Å². The van der Waals surface area contributed by atoms with E-state index in [0.29, 0.717) is 22.2 Å². The Kier molecular flexibility index (Phi) is 4.89. The number of benzene rings is 2. The number of amides is 1. The zero-order chi connectivity index (χ0) is 19.8. The molecule has 2 N–H and O–H groups in total. The van der Waals surface area contributed by atoms with Gasteiger partial charge in [0.25, 0.3) is 0 Å². The van der Waals surface area contributed by atoms with Gasteiger partial charge in [0.15, 0.2) is 9.84 Å². The van der Waals surface area contributed by atoms with E-state index in [2.05, 4.69) is 10.3 Å².